The first kappa shape index (κ1) is 14.0. The highest BCUT2D eigenvalue weighted by Gasteiger charge is 2.38. The van der Waals surface area contributed by atoms with Crippen molar-refractivity contribution in [3.05, 3.63) is 33.3 Å². The minimum Gasteiger partial charge on any atom is -0.485 e. The zero-order chi connectivity index (χ0) is 14.2. The first-order valence-electron chi connectivity index (χ1n) is 5.27. The largest absolute Gasteiger partial charge is 0.485 e. The van der Waals surface area contributed by atoms with Crippen molar-refractivity contribution in [1.29, 1.82) is 0 Å². The first-order chi connectivity index (χ1) is 8.78. The summed E-state index contributed by atoms with van der Waals surface area (Å²) in [5.41, 5.74) is -0.197. The Morgan fingerprint density at radius 1 is 1.42 bits per heavy atom. The Kier molecular flexibility index (Phi) is 3.66. The van der Waals surface area contributed by atoms with E-state index in [0.717, 1.165) is 6.07 Å². The molecule has 0 saturated carbocycles. The van der Waals surface area contributed by atoms with Gasteiger partial charge < -0.3 is 9.84 Å². The van der Waals surface area contributed by atoms with Gasteiger partial charge in [0.25, 0.3) is 5.69 Å². The average Bonchev–Trinajstić information content (AvgIpc) is 2.54. The molecule has 0 aliphatic carbocycles. The highest BCUT2D eigenvalue weighted by Crippen LogP contribution is 2.31. The molecule has 7 nitrogen and oxygen atoms in total. The molecule has 2 rings (SSSR count). The number of sulfone groups is 1. The molecule has 0 amide bonds. The molecule has 2 unspecified atom stereocenters. The molecule has 1 aromatic carbocycles. The maximum Gasteiger partial charge on any atom is 0.271 e. The zero-order valence-corrected chi connectivity index (χ0v) is 11.1. The van der Waals surface area contributed by atoms with Crippen molar-refractivity contribution in [3.63, 3.8) is 0 Å². The standard InChI is InChI=1S/C10H10ClNO6S/c11-7-3-6(12(14)15)1-2-9(7)18-10-5-19(16,17)4-8(10)13/h1-3,8,10,13H,4-5H2. The number of aliphatic hydroxyl groups excluding tert-OH is 1. The second-order valence-corrected chi connectivity index (χ2v) is 6.73. The molecule has 1 fully saturated rings. The lowest BCUT2D eigenvalue weighted by Crippen LogP contribution is -2.29. The monoisotopic (exact) mass is 307 g/mol. The van der Waals surface area contributed by atoms with Gasteiger partial charge in [0.05, 0.1) is 21.5 Å². The molecule has 1 aliphatic rings. The fourth-order valence-electron chi connectivity index (χ4n) is 1.77. The molecule has 2 atom stereocenters. The molecule has 0 bridgehead atoms. The maximum absolute atomic E-state index is 11.3. The van der Waals surface area contributed by atoms with Crippen LogP contribution >= 0.6 is 11.6 Å². The fraction of sp³-hybridized carbons (Fsp3) is 0.400. The molecule has 1 saturated heterocycles. The van der Waals surface area contributed by atoms with E-state index in [2.05, 4.69) is 0 Å². The number of rotatable bonds is 3. The minimum atomic E-state index is -3.33. The number of halogens is 1. The molecule has 19 heavy (non-hydrogen) atoms. The van der Waals surface area contributed by atoms with Gasteiger partial charge in [-0.3, -0.25) is 10.1 Å². The van der Waals surface area contributed by atoms with E-state index in [4.69, 9.17) is 16.3 Å². The predicted molar refractivity (Wildman–Crippen MR) is 67.2 cm³/mol. The second kappa shape index (κ2) is 4.95. The Morgan fingerprint density at radius 3 is 2.58 bits per heavy atom. The highest BCUT2D eigenvalue weighted by atomic mass is 35.5. The van der Waals surface area contributed by atoms with Gasteiger partial charge in [-0.25, -0.2) is 8.42 Å². The number of ether oxygens (including phenoxy) is 1. The molecular formula is C10H10ClNO6S. The van der Waals surface area contributed by atoms with Crippen LogP contribution in [0.5, 0.6) is 5.75 Å². The van der Waals surface area contributed by atoms with Crippen LogP contribution in [-0.2, 0) is 9.84 Å². The van der Waals surface area contributed by atoms with Crippen LogP contribution in [0.15, 0.2) is 18.2 Å². The number of nitro groups is 1. The van der Waals surface area contributed by atoms with Gasteiger partial charge in [-0.15, -0.1) is 0 Å². The van der Waals surface area contributed by atoms with Gasteiger partial charge in [0.2, 0.25) is 0 Å². The van der Waals surface area contributed by atoms with Crippen LogP contribution in [0, 0.1) is 10.1 Å². The van der Waals surface area contributed by atoms with E-state index in [1.165, 1.54) is 12.1 Å². The van der Waals surface area contributed by atoms with Crippen LogP contribution in [0.25, 0.3) is 0 Å². The molecule has 104 valence electrons. The summed E-state index contributed by atoms with van der Waals surface area (Å²) >= 11 is 5.81. The van der Waals surface area contributed by atoms with Crippen molar-refractivity contribution in [2.24, 2.45) is 0 Å². The SMILES string of the molecule is O=[N+]([O-])c1ccc(OC2CS(=O)(=O)CC2O)c(Cl)c1. The van der Waals surface area contributed by atoms with E-state index in [9.17, 15) is 23.6 Å². The molecule has 1 N–H and O–H groups in total. The van der Waals surface area contributed by atoms with Gasteiger partial charge in [-0.1, -0.05) is 11.6 Å². The van der Waals surface area contributed by atoms with Crippen LogP contribution in [0.3, 0.4) is 0 Å². The number of nitro benzene ring substituents is 1. The van der Waals surface area contributed by atoms with Crippen LogP contribution in [0.2, 0.25) is 5.02 Å². The highest BCUT2D eigenvalue weighted by molar-refractivity contribution is 7.91. The Bertz CT molecular complexity index is 616. The Balaban J connectivity index is 2.18. The summed E-state index contributed by atoms with van der Waals surface area (Å²) in [5, 5.41) is 20.1. The molecule has 0 spiro atoms. The molecule has 1 heterocycles. The Morgan fingerprint density at radius 2 is 2.11 bits per heavy atom. The van der Waals surface area contributed by atoms with Gasteiger partial charge in [-0.2, -0.15) is 0 Å². The summed E-state index contributed by atoms with van der Waals surface area (Å²) in [5.74, 6) is -0.558. The van der Waals surface area contributed by atoms with Crippen LogP contribution in [0.1, 0.15) is 0 Å². The van der Waals surface area contributed by atoms with E-state index in [-0.39, 0.29) is 28.0 Å². The van der Waals surface area contributed by atoms with Crippen molar-refractivity contribution in [1.82, 2.24) is 0 Å². The Labute approximate surface area is 113 Å². The van der Waals surface area contributed by atoms with Crippen molar-refractivity contribution < 1.29 is 23.2 Å². The predicted octanol–water partition coefficient (Wildman–Crippen LogP) is 0.785. The molecular weight excluding hydrogens is 298 g/mol. The Hall–Kier alpha value is -1.38. The van der Waals surface area contributed by atoms with Crippen LogP contribution in [0.4, 0.5) is 5.69 Å². The summed E-state index contributed by atoms with van der Waals surface area (Å²) in [7, 11) is -3.33. The topological polar surface area (TPSA) is 107 Å². The van der Waals surface area contributed by atoms with Crippen LogP contribution < -0.4 is 4.74 Å². The van der Waals surface area contributed by atoms with Crippen LogP contribution in [-0.4, -0.2) is 42.2 Å². The van der Waals surface area contributed by atoms with E-state index < -0.39 is 27.0 Å². The summed E-state index contributed by atoms with van der Waals surface area (Å²) in [6, 6.07) is 3.57. The van der Waals surface area contributed by atoms with Crippen molar-refractivity contribution >= 4 is 27.1 Å². The lowest BCUT2D eigenvalue weighted by atomic mass is 10.2. The quantitative estimate of drug-likeness (QED) is 0.653. The zero-order valence-electron chi connectivity index (χ0n) is 9.52. The molecule has 0 aromatic heterocycles. The normalized spacial score (nSPS) is 25.2. The number of hydrogen-bond donors (Lipinski definition) is 1. The second-order valence-electron chi connectivity index (χ2n) is 4.17. The molecule has 0 radical (unpaired) electrons. The number of nitrogens with zero attached hydrogens (tertiary/aromatic N) is 1. The maximum atomic E-state index is 11.3. The van der Waals surface area contributed by atoms with E-state index >= 15 is 0 Å². The minimum absolute atomic E-state index is 0.00861. The summed E-state index contributed by atoms with van der Waals surface area (Å²) < 4.78 is 27.9. The molecule has 1 aromatic rings. The number of aliphatic hydroxyl groups is 1. The van der Waals surface area contributed by atoms with Crippen molar-refractivity contribution in [2.45, 2.75) is 12.2 Å². The average molecular weight is 308 g/mol. The van der Waals surface area contributed by atoms with E-state index in [1.54, 1.807) is 0 Å². The number of hydrogen-bond acceptors (Lipinski definition) is 6. The lowest BCUT2D eigenvalue weighted by molar-refractivity contribution is -0.384. The lowest BCUT2D eigenvalue weighted by Gasteiger charge is -2.16. The van der Waals surface area contributed by atoms with E-state index in [1.807, 2.05) is 0 Å². The van der Waals surface area contributed by atoms with Gasteiger partial charge >= 0.3 is 0 Å². The van der Waals surface area contributed by atoms with Gasteiger partial charge in [0.1, 0.15) is 18.0 Å². The number of non-ortho nitro benzene ring substituents is 1. The molecule has 1 aliphatic heterocycles. The summed E-state index contributed by atoms with van der Waals surface area (Å²) in [6.45, 7) is 0. The third-order valence-corrected chi connectivity index (χ3v) is 4.66. The fourth-order valence-corrected chi connectivity index (χ4v) is 3.65. The number of benzene rings is 1. The van der Waals surface area contributed by atoms with Gasteiger partial charge in [0, 0.05) is 12.1 Å². The third-order valence-electron chi connectivity index (χ3n) is 2.68. The van der Waals surface area contributed by atoms with Gasteiger partial charge in [0.15, 0.2) is 9.84 Å². The summed E-state index contributed by atoms with van der Waals surface area (Å²) in [6.07, 6.45) is -2.04. The smallest absolute Gasteiger partial charge is 0.271 e. The first-order valence-corrected chi connectivity index (χ1v) is 7.47. The van der Waals surface area contributed by atoms with Crippen molar-refractivity contribution in [3.8, 4) is 5.75 Å². The van der Waals surface area contributed by atoms with Crippen molar-refractivity contribution in [2.75, 3.05) is 11.5 Å². The third kappa shape index (κ3) is 3.14. The van der Waals surface area contributed by atoms with E-state index in [0.29, 0.717) is 0 Å². The molecule has 9 heteroatoms. The summed E-state index contributed by atoms with van der Waals surface area (Å²) in [4.78, 5) is 9.93. The van der Waals surface area contributed by atoms with Gasteiger partial charge in [-0.05, 0) is 6.07 Å².